The van der Waals surface area contributed by atoms with E-state index < -0.39 is 6.10 Å². The first-order chi connectivity index (χ1) is 5.52. The summed E-state index contributed by atoms with van der Waals surface area (Å²) in [6.07, 6.45) is 0.227. The lowest BCUT2D eigenvalue weighted by atomic mass is 10.3. The van der Waals surface area contributed by atoms with Gasteiger partial charge in [0.05, 0.1) is 27.2 Å². The second-order valence-corrected chi connectivity index (χ2v) is 3.95. The lowest BCUT2D eigenvalue weighted by Gasteiger charge is -2.31. The van der Waals surface area contributed by atoms with Crippen LogP contribution in [-0.2, 0) is 4.52 Å². The van der Waals surface area contributed by atoms with Crippen molar-refractivity contribution in [3.63, 3.8) is 0 Å². The van der Waals surface area contributed by atoms with Gasteiger partial charge >= 0.3 is 0 Å². The average molecular weight is 192 g/mol. The van der Waals surface area contributed by atoms with Gasteiger partial charge in [0.25, 0.3) is 0 Å². The molecule has 0 saturated heterocycles. The molecule has 0 amide bonds. The fourth-order valence-corrected chi connectivity index (χ4v) is 1.40. The van der Waals surface area contributed by atoms with Crippen LogP contribution < -0.4 is 0 Å². The van der Waals surface area contributed by atoms with Gasteiger partial charge in [-0.25, -0.2) is 0 Å². The van der Waals surface area contributed by atoms with Crippen molar-refractivity contribution in [1.82, 2.24) is 0 Å². The first-order valence-electron chi connectivity index (χ1n) is 4.03. The molecule has 0 aromatic heterocycles. The first kappa shape index (κ1) is 12.3. The molecule has 0 spiro atoms. The summed E-state index contributed by atoms with van der Waals surface area (Å²) in [6.45, 7) is 7.33. The number of aliphatic hydroxyl groups is 1. The van der Waals surface area contributed by atoms with E-state index >= 15 is 0 Å². The largest absolute Gasteiger partial charge is 0.385 e. The second kappa shape index (κ2) is 5.87. The summed E-state index contributed by atoms with van der Waals surface area (Å²) in [5, 5.41) is 9.42. The minimum Gasteiger partial charge on any atom is -0.385 e. The van der Waals surface area contributed by atoms with Crippen molar-refractivity contribution in [2.24, 2.45) is 0 Å². The number of aliphatic hydroxyl groups excluding tert-OH is 1. The Bertz CT molecular complexity index is 120. The van der Waals surface area contributed by atoms with Gasteiger partial charge in [-0.3, -0.25) is 0 Å². The molecular formula is C8H19NO2P+. The second-order valence-electron chi connectivity index (χ2n) is 3.62. The van der Waals surface area contributed by atoms with Crippen LogP contribution >= 0.6 is 9.47 Å². The zero-order valence-corrected chi connectivity index (χ0v) is 9.02. The summed E-state index contributed by atoms with van der Waals surface area (Å²) in [5.74, 6) is 0. The van der Waals surface area contributed by atoms with E-state index in [9.17, 15) is 5.11 Å². The van der Waals surface area contributed by atoms with Gasteiger partial charge in [0.15, 0.2) is 0 Å². The highest BCUT2D eigenvalue weighted by Gasteiger charge is 2.18. The molecule has 0 aliphatic heterocycles. The summed E-state index contributed by atoms with van der Waals surface area (Å²) >= 11 is 0. The highest BCUT2D eigenvalue weighted by molar-refractivity contribution is 7.09. The van der Waals surface area contributed by atoms with Gasteiger partial charge in [0.1, 0.15) is 12.6 Å². The summed E-state index contributed by atoms with van der Waals surface area (Å²) in [6, 6.07) is 0. The molecule has 1 N–H and O–H groups in total. The Balaban J connectivity index is 3.70. The maximum Gasteiger partial charge on any atom is 0.126 e. The molecule has 0 aromatic carbocycles. The Morgan fingerprint density at radius 3 is 2.58 bits per heavy atom. The van der Waals surface area contributed by atoms with Crippen molar-refractivity contribution in [3.05, 3.63) is 6.92 Å². The van der Waals surface area contributed by atoms with E-state index in [0.29, 0.717) is 19.6 Å². The zero-order chi connectivity index (χ0) is 9.61. The summed E-state index contributed by atoms with van der Waals surface area (Å²) < 4.78 is 5.48. The number of quaternary nitrogens is 1. The third-order valence-electron chi connectivity index (χ3n) is 1.73. The van der Waals surface area contributed by atoms with E-state index in [0.717, 1.165) is 11.0 Å². The van der Waals surface area contributed by atoms with Gasteiger partial charge in [-0.05, 0) is 13.3 Å². The van der Waals surface area contributed by atoms with Crippen molar-refractivity contribution in [2.45, 2.75) is 12.5 Å². The van der Waals surface area contributed by atoms with Crippen LogP contribution in [0, 0.1) is 6.92 Å². The molecule has 2 atom stereocenters. The van der Waals surface area contributed by atoms with Gasteiger partial charge in [-0.1, -0.05) is 0 Å². The minimum absolute atomic E-state index is 0.358. The molecule has 4 heteroatoms. The molecule has 2 unspecified atom stereocenters. The van der Waals surface area contributed by atoms with E-state index in [-0.39, 0.29) is 0 Å². The molecule has 0 bridgehead atoms. The predicted octanol–water partition coefficient (Wildman–Crippen LogP) is 0.332. The van der Waals surface area contributed by atoms with Gasteiger partial charge in [-0.15, -0.1) is 0 Å². The minimum atomic E-state index is -0.413. The lowest BCUT2D eigenvalue weighted by Crippen LogP contribution is -2.46. The maximum atomic E-state index is 9.42. The van der Waals surface area contributed by atoms with Crippen molar-refractivity contribution < 1.29 is 14.1 Å². The molecule has 0 aliphatic carbocycles. The van der Waals surface area contributed by atoms with Crippen molar-refractivity contribution in [3.8, 4) is 0 Å². The van der Waals surface area contributed by atoms with Crippen molar-refractivity contribution in [1.29, 1.82) is 0 Å². The summed E-state index contributed by atoms with van der Waals surface area (Å²) in [7, 11) is 6.21. The van der Waals surface area contributed by atoms with Crippen LogP contribution in [0.5, 0.6) is 0 Å². The molecule has 12 heavy (non-hydrogen) atoms. The molecule has 0 heterocycles. The van der Waals surface area contributed by atoms with Crippen LogP contribution in [0.1, 0.15) is 6.42 Å². The van der Waals surface area contributed by atoms with E-state index in [1.807, 2.05) is 14.1 Å². The number of likely N-dealkylation sites (N-methyl/N-ethyl adjacent to an activating group) is 1. The van der Waals surface area contributed by atoms with Gasteiger partial charge in [0, 0.05) is 9.47 Å². The molecule has 0 fully saturated rings. The smallest absolute Gasteiger partial charge is 0.126 e. The Kier molecular flexibility index (Phi) is 6.02. The van der Waals surface area contributed by atoms with Crippen molar-refractivity contribution >= 4 is 9.47 Å². The molecule has 0 aromatic rings. The number of nitrogens with zero attached hydrogens (tertiary/aromatic N) is 1. The van der Waals surface area contributed by atoms with Gasteiger partial charge in [0.2, 0.25) is 0 Å². The van der Waals surface area contributed by atoms with E-state index in [4.69, 9.17) is 11.4 Å². The SMILES string of the molecule is [CH]CC[N+](C)(C)CC(O)COP. The molecule has 3 nitrogen and oxygen atoms in total. The van der Waals surface area contributed by atoms with Crippen LogP contribution in [0.4, 0.5) is 0 Å². The van der Waals surface area contributed by atoms with Crippen molar-refractivity contribution in [2.75, 3.05) is 33.8 Å². The molecule has 2 radical (unpaired) electrons. The molecule has 0 saturated carbocycles. The molecule has 0 aliphatic rings. The third-order valence-corrected chi connectivity index (χ3v) is 1.92. The standard InChI is InChI=1S/C8H19NO2P/c1-4-5-9(2,3)6-8(10)7-11-12/h1,8,10H,4-7,12H2,2-3H3/q+1. The van der Waals surface area contributed by atoms with Gasteiger partial charge in [-0.2, -0.15) is 0 Å². The summed E-state index contributed by atoms with van der Waals surface area (Å²) in [4.78, 5) is 0. The molecule has 0 rings (SSSR count). The highest BCUT2D eigenvalue weighted by atomic mass is 31.0. The Morgan fingerprint density at radius 2 is 2.17 bits per heavy atom. The molecule has 72 valence electrons. The fraction of sp³-hybridized carbons (Fsp3) is 0.875. The quantitative estimate of drug-likeness (QED) is 0.485. The zero-order valence-electron chi connectivity index (χ0n) is 7.86. The van der Waals surface area contributed by atoms with Crippen LogP contribution in [-0.4, -0.2) is 49.5 Å². The maximum absolute atomic E-state index is 9.42. The normalized spacial score (nSPS) is 14.8. The van der Waals surface area contributed by atoms with Gasteiger partial charge < -0.3 is 14.1 Å². The fourth-order valence-electron chi connectivity index (χ4n) is 1.18. The van der Waals surface area contributed by atoms with Crippen LogP contribution in [0.15, 0.2) is 0 Å². The topological polar surface area (TPSA) is 29.5 Å². The number of hydrogen-bond donors (Lipinski definition) is 1. The van der Waals surface area contributed by atoms with Crippen LogP contribution in [0.25, 0.3) is 0 Å². The Labute approximate surface area is 77.6 Å². The highest BCUT2D eigenvalue weighted by Crippen LogP contribution is 2.02. The van der Waals surface area contributed by atoms with E-state index in [1.165, 1.54) is 0 Å². The van der Waals surface area contributed by atoms with E-state index in [1.54, 1.807) is 0 Å². The molecular weight excluding hydrogens is 173 g/mol. The number of hydrogen-bond acceptors (Lipinski definition) is 2. The average Bonchev–Trinajstić information content (AvgIpc) is 1.85. The summed E-state index contributed by atoms with van der Waals surface area (Å²) in [5.41, 5.74) is 0. The monoisotopic (exact) mass is 192 g/mol. The number of rotatable bonds is 6. The third kappa shape index (κ3) is 5.90. The van der Waals surface area contributed by atoms with Crippen LogP contribution in [0.2, 0.25) is 0 Å². The predicted molar refractivity (Wildman–Crippen MR) is 52.4 cm³/mol. The lowest BCUT2D eigenvalue weighted by molar-refractivity contribution is -0.893. The van der Waals surface area contributed by atoms with Crippen LogP contribution in [0.3, 0.4) is 0 Å². The first-order valence-corrected chi connectivity index (χ1v) is 4.51. The van der Waals surface area contributed by atoms with E-state index in [2.05, 4.69) is 9.47 Å². The Hall–Kier alpha value is 0.310. The Morgan fingerprint density at radius 1 is 1.58 bits per heavy atom.